The van der Waals surface area contributed by atoms with Crippen LogP contribution in [0.4, 0.5) is 0 Å². The molecule has 14 heavy (non-hydrogen) atoms. The quantitative estimate of drug-likeness (QED) is 0.790. The average Bonchev–Trinajstić information content (AvgIpc) is 1.80. The molecule has 0 heterocycles. The van der Waals surface area contributed by atoms with Crippen molar-refractivity contribution in [3.63, 3.8) is 0 Å². The maximum atomic E-state index is 10.7. The average molecular weight is 304 g/mol. The second-order valence-electron chi connectivity index (χ2n) is 2.78. The Bertz CT molecular complexity index is 221. The molecule has 0 aliphatic carbocycles. The van der Waals surface area contributed by atoms with E-state index in [1.54, 1.807) is 0 Å². The number of carboxylic acids is 1. The van der Waals surface area contributed by atoms with E-state index in [9.17, 15) is 14.4 Å². The van der Waals surface area contributed by atoms with E-state index in [1.807, 2.05) is 0 Å². The van der Waals surface area contributed by atoms with Crippen molar-refractivity contribution < 1.29 is 24.3 Å². The molecular weight excluding hydrogens is 291 g/mol. The summed E-state index contributed by atoms with van der Waals surface area (Å²) in [4.78, 5) is 41.0. The first-order valence-electron chi connectivity index (χ1n) is 3.91. The normalized spacial score (nSPS) is 8.00. The summed E-state index contributed by atoms with van der Waals surface area (Å²) >= 11 is -3.06. The standard InChI is InChI=1S/C2H4O2.3C2H3O.In/c1-2(3)4;3*1-2-3;/h1H3,(H,3,4);3*1H3;. The van der Waals surface area contributed by atoms with Crippen LogP contribution in [0.3, 0.4) is 0 Å². The van der Waals surface area contributed by atoms with Crippen molar-refractivity contribution >= 4 is 38.0 Å². The molecule has 1 N–H and O–H groups in total. The van der Waals surface area contributed by atoms with E-state index in [0.717, 1.165) is 6.92 Å². The summed E-state index contributed by atoms with van der Waals surface area (Å²) in [6, 6.07) is 0. The molecule has 0 amide bonds. The van der Waals surface area contributed by atoms with Crippen LogP contribution in [0, 0.1) is 0 Å². The van der Waals surface area contributed by atoms with Gasteiger partial charge in [-0.15, -0.1) is 0 Å². The van der Waals surface area contributed by atoms with Gasteiger partial charge in [0.25, 0.3) is 5.97 Å². The number of hydrogen-bond acceptors (Lipinski definition) is 4. The number of carbonyl (C=O) groups excluding carboxylic acids is 3. The Morgan fingerprint density at radius 2 is 0.929 bits per heavy atom. The molecule has 0 aromatic rings. The van der Waals surface area contributed by atoms with Crippen LogP contribution >= 0.6 is 0 Å². The molecular formula is C8H13InO5. The van der Waals surface area contributed by atoms with Crippen LogP contribution in [-0.2, 0) is 19.2 Å². The molecule has 0 spiro atoms. The van der Waals surface area contributed by atoms with E-state index < -0.39 is 27.4 Å². The summed E-state index contributed by atoms with van der Waals surface area (Å²) in [6.07, 6.45) is 0. The van der Waals surface area contributed by atoms with E-state index in [4.69, 9.17) is 9.90 Å². The van der Waals surface area contributed by atoms with Crippen molar-refractivity contribution in [2.45, 2.75) is 27.7 Å². The molecule has 6 heteroatoms. The summed E-state index contributed by atoms with van der Waals surface area (Å²) in [5, 5.41) is 7.42. The van der Waals surface area contributed by atoms with Crippen LogP contribution in [0.2, 0.25) is 0 Å². The Hall–Kier alpha value is -0.650. The topological polar surface area (TPSA) is 88.5 Å². The molecule has 0 bridgehead atoms. The van der Waals surface area contributed by atoms with Gasteiger partial charge in [-0.3, -0.25) is 4.79 Å². The van der Waals surface area contributed by atoms with Crippen molar-refractivity contribution in [1.82, 2.24) is 0 Å². The van der Waals surface area contributed by atoms with E-state index >= 15 is 0 Å². The second-order valence-corrected chi connectivity index (χ2v) is 12.2. The van der Waals surface area contributed by atoms with Crippen LogP contribution < -0.4 is 0 Å². The Kier molecular flexibility index (Phi) is 8.72. The number of carbonyl (C=O) groups is 4. The minimum absolute atomic E-state index is 0.165. The third kappa shape index (κ3) is 9.44. The summed E-state index contributed by atoms with van der Waals surface area (Å²) in [5.74, 6) is -0.833. The molecule has 0 aromatic heterocycles. The van der Waals surface area contributed by atoms with Crippen molar-refractivity contribution in [3.05, 3.63) is 0 Å². The van der Waals surface area contributed by atoms with Crippen molar-refractivity contribution in [2.24, 2.45) is 0 Å². The summed E-state index contributed by atoms with van der Waals surface area (Å²) in [6.45, 7) is 5.09. The first-order valence-corrected chi connectivity index (χ1v) is 8.85. The Morgan fingerprint density at radius 1 is 0.786 bits per heavy atom. The number of hydrogen-bond donors (Lipinski definition) is 1. The first kappa shape index (κ1) is 15.8. The van der Waals surface area contributed by atoms with Crippen LogP contribution in [0.25, 0.3) is 0 Å². The molecule has 0 atom stereocenters. The van der Waals surface area contributed by atoms with Crippen molar-refractivity contribution in [1.29, 1.82) is 0 Å². The molecule has 0 aliphatic heterocycles. The van der Waals surface area contributed by atoms with Gasteiger partial charge in [0, 0.05) is 6.92 Å². The van der Waals surface area contributed by atoms with E-state index in [0.29, 0.717) is 0 Å². The van der Waals surface area contributed by atoms with Crippen LogP contribution in [0.1, 0.15) is 27.7 Å². The molecule has 0 saturated carbocycles. The molecule has 78 valence electrons. The zero-order valence-corrected chi connectivity index (χ0v) is 12.0. The second kappa shape index (κ2) is 7.73. The SMILES string of the molecule is CC(=O)O.C[C](=O)[In]([C](C)=O)[C](C)=O. The van der Waals surface area contributed by atoms with Gasteiger partial charge in [-0.05, 0) is 0 Å². The third-order valence-electron chi connectivity index (χ3n) is 1.22. The molecule has 0 radical (unpaired) electrons. The number of rotatable bonds is 3. The maximum absolute atomic E-state index is 10.7. The number of carboxylic acid groups (broad SMARTS) is 1. The molecule has 0 aromatic carbocycles. The van der Waals surface area contributed by atoms with Gasteiger partial charge in [0.1, 0.15) is 0 Å². The molecule has 0 fully saturated rings. The fourth-order valence-corrected chi connectivity index (χ4v) is 5.76. The first-order chi connectivity index (χ1) is 6.20. The van der Waals surface area contributed by atoms with Crippen LogP contribution in [0.15, 0.2) is 0 Å². The van der Waals surface area contributed by atoms with Gasteiger partial charge in [-0.25, -0.2) is 0 Å². The predicted molar refractivity (Wildman–Crippen MR) is 51.1 cm³/mol. The van der Waals surface area contributed by atoms with Gasteiger partial charge in [0.15, 0.2) is 0 Å². The Labute approximate surface area is 90.0 Å². The zero-order chi connectivity index (χ0) is 11.9. The van der Waals surface area contributed by atoms with Gasteiger partial charge in [-0.1, -0.05) is 0 Å². The summed E-state index contributed by atoms with van der Waals surface area (Å²) < 4.78 is -0.495. The minimum atomic E-state index is -3.06. The van der Waals surface area contributed by atoms with Crippen molar-refractivity contribution in [2.75, 3.05) is 0 Å². The van der Waals surface area contributed by atoms with Gasteiger partial charge < -0.3 is 5.11 Å². The molecule has 0 saturated heterocycles. The Balaban J connectivity index is 0. The fourth-order valence-electron chi connectivity index (χ4n) is 0.859. The van der Waals surface area contributed by atoms with Crippen LogP contribution in [-0.4, -0.2) is 43.1 Å². The van der Waals surface area contributed by atoms with E-state index in [-0.39, 0.29) is 10.6 Å². The van der Waals surface area contributed by atoms with Gasteiger partial charge in [0.05, 0.1) is 0 Å². The number of aliphatic carboxylic acids is 1. The van der Waals surface area contributed by atoms with E-state index in [2.05, 4.69) is 0 Å². The molecule has 5 nitrogen and oxygen atoms in total. The summed E-state index contributed by atoms with van der Waals surface area (Å²) in [7, 11) is 0. The van der Waals surface area contributed by atoms with Crippen molar-refractivity contribution in [3.8, 4) is 0 Å². The Morgan fingerprint density at radius 3 is 0.929 bits per heavy atom. The van der Waals surface area contributed by atoms with Gasteiger partial charge >= 0.3 is 67.2 Å². The van der Waals surface area contributed by atoms with E-state index in [1.165, 1.54) is 20.8 Å². The van der Waals surface area contributed by atoms with Crippen LogP contribution in [0.5, 0.6) is 0 Å². The molecule has 0 aliphatic rings. The third-order valence-corrected chi connectivity index (χ3v) is 8.18. The predicted octanol–water partition coefficient (Wildman–Crippen LogP) is -0.0433. The fraction of sp³-hybridized carbons (Fsp3) is 0.500. The molecule has 0 rings (SSSR count). The summed E-state index contributed by atoms with van der Waals surface area (Å²) in [5.41, 5.74) is 0. The molecule has 0 unspecified atom stereocenters. The monoisotopic (exact) mass is 304 g/mol. The van der Waals surface area contributed by atoms with Gasteiger partial charge in [-0.2, -0.15) is 0 Å². The van der Waals surface area contributed by atoms with Gasteiger partial charge in [0.2, 0.25) is 0 Å². The zero-order valence-electron chi connectivity index (χ0n) is 8.66.